The average molecular weight is 227 g/mol. The Hall–Kier alpha value is -0.800. The van der Waals surface area contributed by atoms with Crippen molar-refractivity contribution < 1.29 is 0 Å². The van der Waals surface area contributed by atoms with Gasteiger partial charge >= 0.3 is 0 Å². The normalized spacial score (nSPS) is 19.3. The summed E-state index contributed by atoms with van der Waals surface area (Å²) in [6.07, 6.45) is 3.80. The molecule has 0 atom stereocenters. The number of pyridine rings is 1. The minimum Gasteiger partial charge on any atom is -0.311 e. The van der Waals surface area contributed by atoms with Crippen LogP contribution >= 0.6 is 11.6 Å². The predicted octanol–water partition coefficient (Wildman–Crippen LogP) is 1.77. The fraction of sp³-hybridized carbons (Fsp3) is 0.545. The van der Waals surface area contributed by atoms with Crippen LogP contribution < -0.4 is 5.56 Å². The lowest BCUT2D eigenvalue weighted by Crippen LogP contribution is -2.34. The molecular weight excluding hydrogens is 212 g/mol. The van der Waals surface area contributed by atoms with Gasteiger partial charge in [-0.15, -0.1) is 0 Å². The summed E-state index contributed by atoms with van der Waals surface area (Å²) in [6, 6.07) is 3.50. The van der Waals surface area contributed by atoms with E-state index in [0.29, 0.717) is 11.1 Å². The van der Waals surface area contributed by atoms with E-state index in [1.165, 1.54) is 0 Å². The van der Waals surface area contributed by atoms with Crippen LogP contribution in [0.4, 0.5) is 0 Å². The van der Waals surface area contributed by atoms with Gasteiger partial charge in [0.1, 0.15) is 0 Å². The molecule has 0 radical (unpaired) electrons. The molecule has 1 aliphatic heterocycles. The molecule has 15 heavy (non-hydrogen) atoms. The minimum atomic E-state index is 0.0500. The number of hydrogen-bond donors (Lipinski definition) is 0. The van der Waals surface area contributed by atoms with E-state index in [0.717, 1.165) is 25.9 Å². The molecule has 4 heteroatoms. The summed E-state index contributed by atoms with van der Waals surface area (Å²) >= 11 is 5.89. The van der Waals surface area contributed by atoms with Crippen LogP contribution in [0, 0.1) is 0 Å². The third kappa shape index (κ3) is 2.41. The fourth-order valence-electron chi connectivity index (χ4n) is 2.03. The van der Waals surface area contributed by atoms with Crippen LogP contribution in [0.15, 0.2) is 23.1 Å². The lowest BCUT2D eigenvalue weighted by molar-refractivity contribution is 0.219. The van der Waals surface area contributed by atoms with E-state index in [2.05, 4.69) is 11.9 Å². The van der Waals surface area contributed by atoms with Crippen molar-refractivity contribution in [3.8, 4) is 0 Å². The maximum Gasteiger partial charge on any atom is 0.250 e. The van der Waals surface area contributed by atoms with Crippen molar-refractivity contribution in [2.45, 2.75) is 18.9 Å². The number of piperidine rings is 1. The standard InChI is InChI=1S/C11H15ClN2O/c1-13-6-4-10(5-7-13)14-8-9(12)2-3-11(14)15/h2-3,8,10H,4-7H2,1H3. The van der Waals surface area contributed by atoms with Crippen molar-refractivity contribution >= 4 is 11.6 Å². The first kappa shape index (κ1) is 10.7. The molecule has 0 aromatic carbocycles. The molecular formula is C11H15ClN2O. The Balaban J connectivity index is 2.22. The molecule has 0 saturated carbocycles. The summed E-state index contributed by atoms with van der Waals surface area (Å²) < 4.78 is 1.77. The fourth-order valence-corrected chi connectivity index (χ4v) is 2.20. The average Bonchev–Trinajstić information content (AvgIpc) is 2.23. The van der Waals surface area contributed by atoms with Crippen LogP contribution in [0.25, 0.3) is 0 Å². The predicted molar refractivity (Wildman–Crippen MR) is 61.5 cm³/mol. The van der Waals surface area contributed by atoms with Crippen LogP contribution in [-0.4, -0.2) is 29.6 Å². The molecule has 1 fully saturated rings. The van der Waals surface area contributed by atoms with Crippen molar-refractivity contribution in [3.63, 3.8) is 0 Å². The molecule has 82 valence electrons. The second kappa shape index (κ2) is 4.37. The molecule has 0 bridgehead atoms. The Morgan fingerprint density at radius 2 is 2.00 bits per heavy atom. The van der Waals surface area contributed by atoms with Crippen molar-refractivity contribution in [3.05, 3.63) is 33.7 Å². The second-order valence-electron chi connectivity index (χ2n) is 4.13. The number of nitrogens with zero attached hydrogens (tertiary/aromatic N) is 2. The quantitative estimate of drug-likeness (QED) is 0.729. The van der Waals surface area contributed by atoms with Gasteiger partial charge in [0.25, 0.3) is 5.56 Å². The molecule has 0 spiro atoms. The van der Waals surface area contributed by atoms with Gasteiger partial charge in [0, 0.05) is 18.3 Å². The molecule has 0 amide bonds. The Labute approximate surface area is 94.3 Å². The lowest BCUT2D eigenvalue weighted by atomic mass is 10.1. The van der Waals surface area contributed by atoms with E-state index in [4.69, 9.17) is 11.6 Å². The van der Waals surface area contributed by atoms with Crippen molar-refractivity contribution in [1.82, 2.24) is 9.47 Å². The topological polar surface area (TPSA) is 25.2 Å². The Morgan fingerprint density at radius 1 is 1.33 bits per heavy atom. The largest absolute Gasteiger partial charge is 0.311 e. The van der Waals surface area contributed by atoms with Crippen LogP contribution in [0.3, 0.4) is 0 Å². The van der Waals surface area contributed by atoms with Gasteiger partial charge in [-0.05, 0) is 39.0 Å². The van der Waals surface area contributed by atoms with Gasteiger partial charge in [0.05, 0.1) is 5.02 Å². The van der Waals surface area contributed by atoms with Gasteiger partial charge in [-0.3, -0.25) is 4.79 Å². The van der Waals surface area contributed by atoms with E-state index >= 15 is 0 Å². The summed E-state index contributed by atoms with van der Waals surface area (Å²) in [6.45, 7) is 2.09. The Kier molecular flexibility index (Phi) is 3.12. The zero-order valence-corrected chi connectivity index (χ0v) is 9.57. The summed E-state index contributed by atoms with van der Waals surface area (Å²) in [5.41, 5.74) is 0.0500. The molecule has 1 aromatic rings. The molecule has 0 unspecified atom stereocenters. The summed E-state index contributed by atoms with van der Waals surface area (Å²) in [4.78, 5) is 13.9. The highest BCUT2D eigenvalue weighted by atomic mass is 35.5. The molecule has 2 rings (SSSR count). The maximum absolute atomic E-state index is 11.6. The SMILES string of the molecule is CN1CCC(n2cc(Cl)ccc2=O)CC1. The van der Waals surface area contributed by atoms with Gasteiger partial charge in [-0.25, -0.2) is 0 Å². The van der Waals surface area contributed by atoms with Crippen LogP contribution in [0.1, 0.15) is 18.9 Å². The van der Waals surface area contributed by atoms with Crippen LogP contribution in [0.5, 0.6) is 0 Å². The first-order valence-corrected chi connectivity index (χ1v) is 5.61. The van der Waals surface area contributed by atoms with Crippen molar-refractivity contribution in [1.29, 1.82) is 0 Å². The molecule has 2 heterocycles. The third-order valence-corrected chi connectivity index (χ3v) is 3.21. The van der Waals surface area contributed by atoms with Gasteiger partial charge in [0.2, 0.25) is 0 Å². The van der Waals surface area contributed by atoms with Gasteiger partial charge < -0.3 is 9.47 Å². The first-order valence-electron chi connectivity index (χ1n) is 5.23. The zero-order valence-electron chi connectivity index (χ0n) is 8.82. The second-order valence-corrected chi connectivity index (χ2v) is 4.56. The van der Waals surface area contributed by atoms with Crippen molar-refractivity contribution in [2.75, 3.05) is 20.1 Å². The monoisotopic (exact) mass is 226 g/mol. The lowest BCUT2D eigenvalue weighted by Gasteiger charge is -2.30. The highest BCUT2D eigenvalue weighted by Crippen LogP contribution is 2.20. The van der Waals surface area contributed by atoms with E-state index in [1.807, 2.05) is 0 Å². The molecule has 1 saturated heterocycles. The van der Waals surface area contributed by atoms with Crippen LogP contribution in [0.2, 0.25) is 5.02 Å². The highest BCUT2D eigenvalue weighted by Gasteiger charge is 2.18. The summed E-state index contributed by atoms with van der Waals surface area (Å²) in [5.74, 6) is 0. The summed E-state index contributed by atoms with van der Waals surface area (Å²) in [7, 11) is 2.11. The summed E-state index contributed by atoms with van der Waals surface area (Å²) in [5, 5.41) is 0.633. The third-order valence-electron chi connectivity index (χ3n) is 2.98. The number of hydrogen-bond acceptors (Lipinski definition) is 2. The van der Waals surface area contributed by atoms with Gasteiger partial charge in [0.15, 0.2) is 0 Å². The highest BCUT2D eigenvalue weighted by molar-refractivity contribution is 6.30. The van der Waals surface area contributed by atoms with E-state index in [9.17, 15) is 4.79 Å². The zero-order chi connectivity index (χ0) is 10.8. The smallest absolute Gasteiger partial charge is 0.250 e. The molecule has 1 aromatic heterocycles. The van der Waals surface area contributed by atoms with Crippen molar-refractivity contribution in [2.24, 2.45) is 0 Å². The van der Waals surface area contributed by atoms with Crippen LogP contribution in [-0.2, 0) is 0 Å². The molecule has 3 nitrogen and oxygen atoms in total. The van der Waals surface area contributed by atoms with Gasteiger partial charge in [-0.1, -0.05) is 11.6 Å². The number of rotatable bonds is 1. The Bertz CT molecular complexity index is 394. The minimum absolute atomic E-state index is 0.0500. The van der Waals surface area contributed by atoms with Gasteiger partial charge in [-0.2, -0.15) is 0 Å². The molecule has 1 aliphatic rings. The number of likely N-dealkylation sites (tertiary alicyclic amines) is 1. The van der Waals surface area contributed by atoms with E-state index in [-0.39, 0.29) is 5.56 Å². The number of aromatic nitrogens is 1. The maximum atomic E-state index is 11.6. The molecule has 0 N–H and O–H groups in total. The number of halogens is 1. The molecule has 0 aliphatic carbocycles. The first-order chi connectivity index (χ1) is 7.16. The van der Waals surface area contributed by atoms with E-state index < -0.39 is 0 Å². The van der Waals surface area contributed by atoms with E-state index in [1.54, 1.807) is 22.9 Å². The Morgan fingerprint density at radius 3 is 2.67 bits per heavy atom.